The minimum absolute atomic E-state index is 0.0161. The molecule has 1 aromatic rings. The maximum atomic E-state index is 10.6. The van der Waals surface area contributed by atoms with Crippen LogP contribution in [0.5, 0.6) is 0 Å². The van der Waals surface area contributed by atoms with Crippen molar-refractivity contribution in [1.82, 2.24) is 10.2 Å². The second-order valence-corrected chi connectivity index (χ2v) is 5.75. The van der Waals surface area contributed by atoms with Gasteiger partial charge >= 0.3 is 0 Å². The third-order valence-electron chi connectivity index (χ3n) is 3.33. The molecule has 0 fully saturated rings. The van der Waals surface area contributed by atoms with Crippen molar-refractivity contribution >= 4 is 17.3 Å². The lowest BCUT2D eigenvalue weighted by Crippen LogP contribution is -2.46. The topological polar surface area (TPSA) is 58.4 Å². The molecule has 1 aromatic carbocycles. The van der Waals surface area contributed by atoms with E-state index in [0.29, 0.717) is 11.6 Å². The molecule has 0 bridgehead atoms. The number of nitro benzene ring substituents is 1. The van der Waals surface area contributed by atoms with Crippen LogP contribution in [0.15, 0.2) is 18.2 Å². The standard InChI is InChI=1S/C13H20ClN3O2/c1-13(2,16(3)4)9-15-8-10-5-6-11(17(18)19)7-12(10)14/h5-7,15H,8-9H2,1-4H3. The Kier molecular flexibility index (Phi) is 5.29. The average molecular weight is 286 g/mol. The molecule has 0 saturated carbocycles. The highest BCUT2D eigenvalue weighted by atomic mass is 35.5. The van der Waals surface area contributed by atoms with Crippen LogP contribution in [0.1, 0.15) is 19.4 Å². The summed E-state index contributed by atoms with van der Waals surface area (Å²) in [5.74, 6) is 0. The van der Waals surface area contributed by atoms with Crippen molar-refractivity contribution in [3.05, 3.63) is 38.9 Å². The average Bonchev–Trinajstić information content (AvgIpc) is 2.30. The summed E-state index contributed by atoms with van der Waals surface area (Å²) >= 11 is 6.03. The molecule has 0 aliphatic rings. The van der Waals surface area contributed by atoms with E-state index >= 15 is 0 Å². The number of nitro groups is 1. The first-order chi connectivity index (χ1) is 8.74. The van der Waals surface area contributed by atoms with Crippen LogP contribution in [0.3, 0.4) is 0 Å². The van der Waals surface area contributed by atoms with E-state index in [1.165, 1.54) is 12.1 Å². The molecule has 0 aliphatic carbocycles. The molecular weight excluding hydrogens is 266 g/mol. The van der Waals surface area contributed by atoms with Gasteiger partial charge in [-0.25, -0.2) is 0 Å². The Morgan fingerprint density at radius 2 is 2.05 bits per heavy atom. The van der Waals surface area contributed by atoms with Crippen LogP contribution in [0, 0.1) is 10.1 Å². The van der Waals surface area contributed by atoms with E-state index in [-0.39, 0.29) is 11.2 Å². The summed E-state index contributed by atoms with van der Waals surface area (Å²) in [5, 5.41) is 14.3. The van der Waals surface area contributed by atoms with Crippen molar-refractivity contribution in [2.45, 2.75) is 25.9 Å². The van der Waals surface area contributed by atoms with Crippen molar-refractivity contribution in [3.8, 4) is 0 Å². The van der Waals surface area contributed by atoms with E-state index in [0.717, 1.165) is 12.1 Å². The summed E-state index contributed by atoms with van der Waals surface area (Å²) in [6.07, 6.45) is 0. The number of benzene rings is 1. The van der Waals surface area contributed by atoms with Crippen molar-refractivity contribution in [2.75, 3.05) is 20.6 Å². The van der Waals surface area contributed by atoms with E-state index in [1.807, 2.05) is 14.1 Å². The van der Waals surface area contributed by atoms with Crippen LogP contribution in [0.2, 0.25) is 5.02 Å². The molecule has 19 heavy (non-hydrogen) atoms. The Morgan fingerprint density at radius 1 is 1.42 bits per heavy atom. The van der Waals surface area contributed by atoms with Gasteiger partial charge in [0.2, 0.25) is 0 Å². The minimum Gasteiger partial charge on any atom is -0.311 e. The zero-order valence-corrected chi connectivity index (χ0v) is 12.5. The lowest BCUT2D eigenvalue weighted by Gasteiger charge is -2.32. The number of nitrogens with one attached hydrogen (secondary N) is 1. The van der Waals surface area contributed by atoms with Crippen LogP contribution in [0.25, 0.3) is 0 Å². The fraction of sp³-hybridized carbons (Fsp3) is 0.538. The quantitative estimate of drug-likeness (QED) is 0.645. The summed E-state index contributed by atoms with van der Waals surface area (Å²) in [5.41, 5.74) is 0.914. The van der Waals surface area contributed by atoms with E-state index in [2.05, 4.69) is 24.1 Å². The van der Waals surface area contributed by atoms with Crippen LogP contribution >= 0.6 is 11.6 Å². The third-order valence-corrected chi connectivity index (χ3v) is 3.68. The molecule has 0 unspecified atom stereocenters. The van der Waals surface area contributed by atoms with Crippen LogP contribution in [0.4, 0.5) is 5.69 Å². The van der Waals surface area contributed by atoms with E-state index in [1.54, 1.807) is 6.07 Å². The van der Waals surface area contributed by atoms with Crippen molar-refractivity contribution in [3.63, 3.8) is 0 Å². The van der Waals surface area contributed by atoms with Crippen molar-refractivity contribution < 1.29 is 4.92 Å². The first-order valence-corrected chi connectivity index (χ1v) is 6.43. The molecule has 0 saturated heterocycles. The van der Waals surface area contributed by atoms with Gasteiger partial charge in [0.05, 0.1) is 9.95 Å². The Labute approximate surface area is 118 Å². The molecule has 0 aromatic heterocycles. The second kappa shape index (κ2) is 6.32. The summed E-state index contributed by atoms with van der Waals surface area (Å²) in [7, 11) is 4.06. The zero-order valence-electron chi connectivity index (χ0n) is 11.7. The number of nitrogens with zero attached hydrogens (tertiary/aromatic N) is 2. The third kappa shape index (κ3) is 4.45. The maximum absolute atomic E-state index is 10.6. The number of likely N-dealkylation sites (N-methyl/N-ethyl adjacent to an activating group) is 1. The molecule has 6 heteroatoms. The molecule has 5 nitrogen and oxygen atoms in total. The highest BCUT2D eigenvalue weighted by Crippen LogP contribution is 2.22. The van der Waals surface area contributed by atoms with E-state index in [4.69, 9.17) is 11.6 Å². The smallest absolute Gasteiger partial charge is 0.270 e. The second-order valence-electron chi connectivity index (χ2n) is 5.34. The summed E-state index contributed by atoms with van der Waals surface area (Å²) in [6, 6.07) is 4.55. The highest BCUT2D eigenvalue weighted by molar-refractivity contribution is 6.31. The lowest BCUT2D eigenvalue weighted by molar-refractivity contribution is -0.384. The molecule has 0 aliphatic heterocycles. The van der Waals surface area contributed by atoms with Gasteiger partial charge in [0.25, 0.3) is 5.69 Å². The normalized spacial score (nSPS) is 11.9. The fourth-order valence-electron chi connectivity index (χ4n) is 1.45. The van der Waals surface area contributed by atoms with Crippen molar-refractivity contribution in [1.29, 1.82) is 0 Å². The molecule has 0 heterocycles. The van der Waals surface area contributed by atoms with Gasteiger partial charge in [0, 0.05) is 30.8 Å². The first-order valence-electron chi connectivity index (χ1n) is 6.05. The largest absolute Gasteiger partial charge is 0.311 e. The van der Waals surface area contributed by atoms with Crippen LogP contribution in [-0.4, -0.2) is 36.0 Å². The van der Waals surface area contributed by atoms with Crippen molar-refractivity contribution in [2.24, 2.45) is 0 Å². The highest BCUT2D eigenvalue weighted by Gasteiger charge is 2.19. The van der Waals surface area contributed by atoms with Gasteiger partial charge < -0.3 is 10.2 Å². The number of hydrogen-bond donors (Lipinski definition) is 1. The fourth-order valence-corrected chi connectivity index (χ4v) is 1.70. The summed E-state index contributed by atoms with van der Waals surface area (Å²) in [4.78, 5) is 12.3. The molecule has 0 amide bonds. The number of hydrogen-bond acceptors (Lipinski definition) is 4. The minimum atomic E-state index is -0.446. The predicted octanol–water partition coefficient (Wildman–Crippen LogP) is 2.68. The Morgan fingerprint density at radius 3 is 2.53 bits per heavy atom. The van der Waals surface area contributed by atoms with E-state index in [9.17, 15) is 10.1 Å². The van der Waals surface area contributed by atoms with Crippen LogP contribution < -0.4 is 5.32 Å². The van der Waals surface area contributed by atoms with Gasteiger partial charge in [-0.3, -0.25) is 10.1 Å². The SMILES string of the molecule is CN(C)C(C)(C)CNCc1ccc([N+](=O)[O-])cc1Cl. The zero-order chi connectivity index (χ0) is 14.6. The molecule has 106 valence electrons. The Balaban J connectivity index is 2.62. The van der Waals surface area contributed by atoms with Gasteiger partial charge in [0.15, 0.2) is 0 Å². The molecule has 1 N–H and O–H groups in total. The van der Waals surface area contributed by atoms with E-state index < -0.39 is 4.92 Å². The van der Waals surface area contributed by atoms with Gasteiger partial charge in [-0.1, -0.05) is 11.6 Å². The van der Waals surface area contributed by atoms with Crippen LogP contribution in [-0.2, 0) is 6.54 Å². The number of rotatable bonds is 6. The summed E-state index contributed by atoms with van der Waals surface area (Å²) in [6.45, 7) is 5.66. The molecule has 1 rings (SSSR count). The first kappa shape index (κ1) is 15.9. The maximum Gasteiger partial charge on any atom is 0.270 e. The Hall–Kier alpha value is -1.17. The number of halogens is 1. The Bertz CT molecular complexity index is 461. The summed E-state index contributed by atoms with van der Waals surface area (Å²) < 4.78 is 0. The monoisotopic (exact) mass is 285 g/mol. The molecule has 0 atom stereocenters. The predicted molar refractivity (Wildman–Crippen MR) is 77.6 cm³/mol. The van der Waals surface area contributed by atoms with Gasteiger partial charge in [-0.2, -0.15) is 0 Å². The molecule has 0 radical (unpaired) electrons. The number of non-ortho nitro benzene ring substituents is 1. The van der Waals surface area contributed by atoms with Gasteiger partial charge in [0.1, 0.15) is 0 Å². The lowest BCUT2D eigenvalue weighted by atomic mass is 10.0. The van der Waals surface area contributed by atoms with Gasteiger partial charge in [-0.05, 0) is 39.6 Å². The molecule has 0 spiro atoms. The van der Waals surface area contributed by atoms with Gasteiger partial charge in [-0.15, -0.1) is 0 Å². The molecular formula is C13H20ClN3O2.